The van der Waals surface area contributed by atoms with Crippen molar-refractivity contribution in [2.75, 3.05) is 37.4 Å². The van der Waals surface area contributed by atoms with Crippen LogP contribution in [0.5, 0.6) is 17.2 Å². The predicted octanol–water partition coefficient (Wildman–Crippen LogP) is 4.96. The number of amides is 2. The Morgan fingerprint density at radius 3 is 2.80 bits per heavy atom. The van der Waals surface area contributed by atoms with Gasteiger partial charge in [0.1, 0.15) is 29.2 Å². The number of hydrogen-bond acceptors (Lipinski definition) is 7. The van der Waals surface area contributed by atoms with Crippen LogP contribution in [0.4, 0.5) is 24.7 Å². The summed E-state index contributed by atoms with van der Waals surface area (Å²) >= 11 is 0. The van der Waals surface area contributed by atoms with Gasteiger partial charge in [0, 0.05) is 54.1 Å². The first-order valence-electron chi connectivity index (χ1n) is 14.8. The number of piperidine rings is 1. The lowest BCUT2D eigenvalue weighted by molar-refractivity contribution is -0.137. The molecule has 4 aliphatic rings. The molecule has 3 aliphatic heterocycles. The third-order valence-electron chi connectivity index (χ3n) is 8.99. The number of ether oxygens (including phenoxy) is 2. The van der Waals surface area contributed by atoms with Gasteiger partial charge in [-0.3, -0.25) is 9.59 Å². The predicted molar refractivity (Wildman–Crippen MR) is 156 cm³/mol. The topological polar surface area (TPSA) is 96.0 Å². The molecule has 9 nitrogen and oxygen atoms in total. The Labute approximate surface area is 252 Å². The van der Waals surface area contributed by atoms with Crippen molar-refractivity contribution in [2.24, 2.45) is 0 Å². The van der Waals surface area contributed by atoms with E-state index in [1.807, 2.05) is 25.1 Å². The number of pyridine rings is 1. The Kier molecular flexibility index (Phi) is 6.91. The summed E-state index contributed by atoms with van der Waals surface area (Å²) < 4.78 is 54.8. The van der Waals surface area contributed by atoms with E-state index in [4.69, 9.17) is 9.47 Å². The fourth-order valence-corrected chi connectivity index (χ4v) is 6.57. The first-order chi connectivity index (χ1) is 21.1. The van der Waals surface area contributed by atoms with Crippen molar-refractivity contribution < 1.29 is 32.2 Å². The summed E-state index contributed by atoms with van der Waals surface area (Å²) in [7, 11) is 3.87. The minimum absolute atomic E-state index is 0.0425. The Hall–Kier alpha value is -4.32. The van der Waals surface area contributed by atoms with Crippen LogP contribution in [0.2, 0.25) is 0 Å². The van der Waals surface area contributed by atoms with Crippen molar-refractivity contribution in [3.8, 4) is 17.2 Å². The molecular weight excluding hydrogens is 575 g/mol. The normalized spacial score (nSPS) is 23.7. The number of hydrogen-bond donors (Lipinski definition) is 2. The number of rotatable bonds is 6. The van der Waals surface area contributed by atoms with Crippen molar-refractivity contribution in [3.05, 3.63) is 70.9 Å². The van der Waals surface area contributed by atoms with Crippen molar-refractivity contribution in [3.63, 3.8) is 0 Å². The maximum Gasteiger partial charge on any atom is 0.418 e. The van der Waals surface area contributed by atoms with Gasteiger partial charge in [-0.1, -0.05) is 0 Å². The number of aromatic nitrogens is 1. The van der Waals surface area contributed by atoms with E-state index in [0.717, 1.165) is 30.0 Å². The molecule has 1 aliphatic carbocycles. The van der Waals surface area contributed by atoms with E-state index >= 15 is 0 Å². The maximum atomic E-state index is 14.2. The van der Waals surface area contributed by atoms with Gasteiger partial charge in [0.15, 0.2) is 0 Å². The number of anilines is 2. The van der Waals surface area contributed by atoms with Gasteiger partial charge in [-0.25, -0.2) is 4.98 Å². The van der Waals surface area contributed by atoms with Gasteiger partial charge in [-0.15, -0.1) is 0 Å². The summed E-state index contributed by atoms with van der Waals surface area (Å²) in [6.07, 6.45) is -0.745. The zero-order valence-electron chi connectivity index (χ0n) is 24.3. The summed E-state index contributed by atoms with van der Waals surface area (Å²) in [5.41, 5.74) is 0.939. The molecule has 7 rings (SSSR count). The lowest BCUT2D eigenvalue weighted by Crippen LogP contribution is -2.45. The lowest BCUT2D eigenvalue weighted by atomic mass is 10.0. The fourth-order valence-electron chi connectivity index (χ4n) is 6.57. The molecule has 230 valence electrons. The highest BCUT2D eigenvalue weighted by Crippen LogP contribution is 2.55. The van der Waals surface area contributed by atoms with Crippen LogP contribution in [0.1, 0.15) is 52.2 Å². The number of carbonyl (C=O) groups excluding carboxylic acids is 2. The Morgan fingerprint density at radius 1 is 1.16 bits per heavy atom. The van der Waals surface area contributed by atoms with Crippen LogP contribution in [0, 0.1) is 0 Å². The SMILES string of the molecule is CN(C)[C@H]1CCCN(c2ccc(C(=O)N[C@H]3[C@H]4Oc5ccc(Oc6ccnc7c6CCC(=O)N7)cc5[C@@H]34)cc2C(F)(F)F)C1. The Bertz CT molecular complexity index is 1640. The second kappa shape index (κ2) is 10.7. The van der Waals surface area contributed by atoms with Crippen LogP contribution in [0.3, 0.4) is 0 Å². The fraction of sp³-hybridized carbons (Fsp3) is 0.406. The number of nitrogens with zero attached hydrogens (tertiary/aromatic N) is 3. The molecule has 2 amide bonds. The third kappa shape index (κ3) is 5.21. The zero-order valence-corrected chi connectivity index (χ0v) is 24.3. The van der Waals surface area contributed by atoms with E-state index in [2.05, 4.69) is 15.6 Å². The molecule has 2 N–H and O–H groups in total. The monoisotopic (exact) mass is 607 g/mol. The molecule has 4 atom stereocenters. The van der Waals surface area contributed by atoms with Crippen LogP contribution < -0.4 is 25.0 Å². The summed E-state index contributed by atoms with van der Waals surface area (Å²) in [6.45, 7) is 1.03. The first kappa shape index (κ1) is 28.5. The number of nitrogens with one attached hydrogen (secondary N) is 2. The highest BCUT2D eigenvalue weighted by Gasteiger charge is 2.59. The first-order valence-corrected chi connectivity index (χ1v) is 14.8. The van der Waals surface area contributed by atoms with E-state index in [1.54, 1.807) is 29.3 Å². The standard InChI is InChI=1S/C32H32F3N5O4/c1-39(2)18-4-3-13-40(16-18)23-8-5-17(14-22(23)32(33,34)35)31(42)38-28-27-21-15-19(6-9-24(21)44-29(27)28)43-25-11-12-36-30-20(25)7-10-26(41)37-30/h5-6,8-9,11-12,14-15,18,27-29H,3-4,7,10,13,16H2,1-2H3,(H,38,42)(H,36,37,41)/t18-,27-,28+,29-/m0/s1. The summed E-state index contributed by atoms with van der Waals surface area (Å²) in [4.78, 5) is 33.0. The highest BCUT2D eigenvalue weighted by molar-refractivity contribution is 5.96. The zero-order chi connectivity index (χ0) is 30.7. The van der Waals surface area contributed by atoms with Crippen molar-refractivity contribution in [2.45, 2.75) is 56.0 Å². The molecule has 0 radical (unpaired) electrons. The molecule has 0 bridgehead atoms. The maximum absolute atomic E-state index is 14.2. The molecule has 0 spiro atoms. The number of likely N-dealkylation sites (N-methyl/N-ethyl adjacent to an activating group) is 1. The Balaban J connectivity index is 1.06. The van der Waals surface area contributed by atoms with Crippen LogP contribution in [0.15, 0.2) is 48.7 Å². The van der Waals surface area contributed by atoms with Gasteiger partial charge in [0.05, 0.1) is 17.5 Å². The minimum Gasteiger partial charge on any atom is -0.487 e. The highest BCUT2D eigenvalue weighted by atomic mass is 19.4. The molecular formula is C32H32F3N5O4. The molecule has 4 heterocycles. The molecule has 1 saturated carbocycles. The lowest BCUT2D eigenvalue weighted by Gasteiger charge is -2.38. The second-order valence-corrected chi connectivity index (χ2v) is 12.0. The molecule has 1 saturated heterocycles. The average molecular weight is 608 g/mol. The quantitative estimate of drug-likeness (QED) is 0.409. The molecule has 12 heteroatoms. The molecule has 2 fully saturated rings. The van der Waals surface area contributed by atoms with E-state index in [0.29, 0.717) is 49.0 Å². The van der Waals surface area contributed by atoms with Gasteiger partial charge in [-0.2, -0.15) is 13.2 Å². The van der Waals surface area contributed by atoms with E-state index in [9.17, 15) is 22.8 Å². The van der Waals surface area contributed by atoms with Crippen molar-refractivity contribution in [1.82, 2.24) is 15.2 Å². The number of fused-ring (bicyclic) bond motifs is 4. The summed E-state index contributed by atoms with van der Waals surface area (Å²) in [6, 6.07) is 10.8. The van der Waals surface area contributed by atoms with Gasteiger partial charge in [0.2, 0.25) is 5.91 Å². The van der Waals surface area contributed by atoms with Gasteiger partial charge >= 0.3 is 6.18 Å². The van der Waals surface area contributed by atoms with E-state index < -0.39 is 17.6 Å². The van der Waals surface area contributed by atoms with Gasteiger partial charge in [0.25, 0.3) is 5.91 Å². The van der Waals surface area contributed by atoms with Gasteiger partial charge < -0.3 is 29.9 Å². The molecule has 3 aromatic rings. The van der Waals surface area contributed by atoms with Crippen LogP contribution >= 0.6 is 0 Å². The van der Waals surface area contributed by atoms with Crippen LogP contribution in [0.25, 0.3) is 0 Å². The van der Waals surface area contributed by atoms with Crippen LogP contribution in [-0.2, 0) is 17.4 Å². The minimum atomic E-state index is -4.61. The number of benzene rings is 2. The van der Waals surface area contributed by atoms with Crippen LogP contribution in [-0.4, -0.2) is 67.1 Å². The smallest absolute Gasteiger partial charge is 0.418 e. The number of halogens is 3. The van der Waals surface area contributed by atoms with E-state index in [-0.39, 0.29) is 41.3 Å². The molecule has 2 aromatic carbocycles. The summed E-state index contributed by atoms with van der Waals surface area (Å²) in [5, 5.41) is 5.65. The molecule has 44 heavy (non-hydrogen) atoms. The second-order valence-electron chi connectivity index (χ2n) is 12.0. The molecule has 0 unspecified atom stereocenters. The van der Waals surface area contributed by atoms with Crippen molar-refractivity contribution in [1.29, 1.82) is 0 Å². The molecule has 1 aromatic heterocycles. The van der Waals surface area contributed by atoms with E-state index in [1.165, 1.54) is 12.1 Å². The summed E-state index contributed by atoms with van der Waals surface area (Å²) in [5.74, 6) is 1.53. The third-order valence-corrected chi connectivity index (χ3v) is 8.99. The van der Waals surface area contributed by atoms with Crippen molar-refractivity contribution >= 4 is 23.3 Å². The average Bonchev–Trinajstić information content (AvgIpc) is 3.52. The number of carbonyl (C=O) groups is 2. The largest absolute Gasteiger partial charge is 0.487 e. The Morgan fingerprint density at radius 2 is 2.00 bits per heavy atom. The van der Waals surface area contributed by atoms with Gasteiger partial charge in [-0.05, 0) is 75.8 Å². The number of alkyl halides is 3.